The van der Waals surface area contributed by atoms with Gasteiger partial charge >= 0.3 is 0 Å². The summed E-state index contributed by atoms with van der Waals surface area (Å²) in [6, 6.07) is 21.1. The number of hydrogen-bond donors (Lipinski definition) is 1. The zero-order valence-electron chi connectivity index (χ0n) is 17.6. The van der Waals surface area contributed by atoms with E-state index in [2.05, 4.69) is 5.32 Å². The van der Waals surface area contributed by atoms with Crippen LogP contribution in [0.1, 0.15) is 40.0 Å². The van der Waals surface area contributed by atoms with Gasteiger partial charge in [-0.25, -0.2) is 8.42 Å². The van der Waals surface area contributed by atoms with E-state index in [-0.39, 0.29) is 16.8 Å². The molecule has 0 bridgehead atoms. The molecule has 0 saturated carbocycles. The van der Waals surface area contributed by atoms with Gasteiger partial charge in [0.2, 0.25) is 0 Å². The van der Waals surface area contributed by atoms with Gasteiger partial charge in [0.05, 0.1) is 16.6 Å². The van der Waals surface area contributed by atoms with Gasteiger partial charge in [-0.3, -0.25) is 9.10 Å². The van der Waals surface area contributed by atoms with Gasteiger partial charge in [-0.2, -0.15) is 0 Å². The lowest BCUT2D eigenvalue weighted by atomic mass is 10.1. The number of aryl methyl sites for hydroxylation is 2. The van der Waals surface area contributed by atoms with Gasteiger partial charge in [0, 0.05) is 12.6 Å². The highest BCUT2D eigenvalue weighted by atomic mass is 32.2. The molecule has 156 valence electrons. The molecular formula is C24H26N2O3S. The average Bonchev–Trinajstić information content (AvgIpc) is 2.74. The minimum atomic E-state index is -3.73. The number of nitrogens with one attached hydrogen (secondary N) is 1. The highest BCUT2D eigenvalue weighted by Gasteiger charge is 2.23. The largest absolute Gasteiger partial charge is 0.346 e. The number of anilines is 1. The molecule has 30 heavy (non-hydrogen) atoms. The molecule has 5 nitrogen and oxygen atoms in total. The molecule has 0 aliphatic rings. The van der Waals surface area contributed by atoms with Crippen molar-refractivity contribution in [2.45, 2.75) is 31.7 Å². The van der Waals surface area contributed by atoms with Gasteiger partial charge in [0.1, 0.15) is 0 Å². The summed E-state index contributed by atoms with van der Waals surface area (Å²) in [7, 11) is -2.22. The van der Waals surface area contributed by atoms with E-state index in [1.54, 1.807) is 48.5 Å². The first-order valence-electron chi connectivity index (χ1n) is 9.72. The lowest BCUT2D eigenvalue weighted by Crippen LogP contribution is -2.29. The van der Waals surface area contributed by atoms with Crippen LogP contribution in [0.2, 0.25) is 0 Å². The Morgan fingerprint density at radius 3 is 2.20 bits per heavy atom. The molecule has 0 unspecified atom stereocenters. The lowest BCUT2D eigenvalue weighted by molar-refractivity contribution is 0.0940. The monoisotopic (exact) mass is 422 g/mol. The molecule has 1 amide bonds. The second-order valence-corrected chi connectivity index (χ2v) is 9.36. The van der Waals surface area contributed by atoms with Crippen molar-refractivity contribution in [2.24, 2.45) is 0 Å². The third-order valence-corrected chi connectivity index (χ3v) is 6.92. The Labute approximate surface area is 178 Å². The van der Waals surface area contributed by atoms with Gasteiger partial charge < -0.3 is 5.32 Å². The van der Waals surface area contributed by atoms with Crippen molar-refractivity contribution in [3.8, 4) is 0 Å². The number of amides is 1. The number of rotatable bonds is 6. The van der Waals surface area contributed by atoms with E-state index in [1.165, 1.54) is 11.4 Å². The van der Waals surface area contributed by atoms with Crippen LogP contribution in [0.4, 0.5) is 5.69 Å². The normalized spacial score (nSPS) is 12.3. The second-order valence-electron chi connectivity index (χ2n) is 7.39. The number of carbonyl (C=O) groups excluding carboxylic acids is 1. The van der Waals surface area contributed by atoms with Crippen LogP contribution in [0.25, 0.3) is 0 Å². The molecule has 0 fully saturated rings. The molecule has 0 heterocycles. The van der Waals surface area contributed by atoms with Crippen LogP contribution in [-0.2, 0) is 10.0 Å². The Morgan fingerprint density at radius 1 is 0.933 bits per heavy atom. The summed E-state index contributed by atoms with van der Waals surface area (Å²) in [6.45, 7) is 5.76. The quantitative estimate of drug-likeness (QED) is 0.630. The summed E-state index contributed by atoms with van der Waals surface area (Å²) in [5, 5.41) is 2.98. The van der Waals surface area contributed by atoms with Crippen LogP contribution in [0.5, 0.6) is 0 Å². The molecule has 0 aliphatic carbocycles. The molecule has 0 spiro atoms. The van der Waals surface area contributed by atoms with E-state index in [1.807, 2.05) is 45.0 Å². The molecule has 3 aromatic carbocycles. The van der Waals surface area contributed by atoms with Crippen LogP contribution in [0.15, 0.2) is 77.7 Å². The maximum atomic E-state index is 13.0. The predicted octanol–water partition coefficient (Wildman–Crippen LogP) is 4.62. The SMILES string of the molecule is Cc1ccc([C@H](C)NC(=O)c2ccc(C)c(N(C)S(=O)(=O)c3ccccc3)c2)cc1. The number of benzene rings is 3. The molecule has 0 saturated heterocycles. The Kier molecular flexibility index (Phi) is 6.27. The van der Waals surface area contributed by atoms with Crippen LogP contribution in [-0.4, -0.2) is 21.4 Å². The van der Waals surface area contributed by atoms with E-state index in [0.717, 1.165) is 16.7 Å². The molecule has 0 aliphatic heterocycles. The van der Waals surface area contributed by atoms with Crippen molar-refractivity contribution in [1.29, 1.82) is 0 Å². The molecular weight excluding hydrogens is 396 g/mol. The smallest absolute Gasteiger partial charge is 0.264 e. The fourth-order valence-electron chi connectivity index (χ4n) is 3.19. The van der Waals surface area contributed by atoms with Gasteiger partial charge in [0.15, 0.2) is 0 Å². The van der Waals surface area contributed by atoms with E-state index in [0.29, 0.717) is 11.3 Å². The second kappa shape index (κ2) is 8.71. The summed E-state index contributed by atoms with van der Waals surface area (Å²) in [4.78, 5) is 13.0. The summed E-state index contributed by atoms with van der Waals surface area (Å²) in [6.07, 6.45) is 0. The minimum Gasteiger partial charge on any atom is -0.346 e. The lowest BCUT2D eigenvalue weighted by Gasteiger charge is -2.22. The Morgan fingerprint density at radius 2 is 1.57 bits per heavy atom. The third-order valence-electron chi connectivity index (χ3n) is 5.14. The zero-order valence-corrected chi connectivity index (χ0v) is 18.4. The molecule has 0 aromatic heterocycles. The Balaban J connectivity index is 1.85. The predicted molar refractivity (Wildman–Crippen MR) is 120 cm³/mol. The zero-order chi connectivity index (χ0) is 21.9. The van der Waals surface area contributed by atoms with E-state index in [9.17, 15) is 13.2 Å². The summed E-state index contributed by atoms with van der Waals surface area (Å²) in [5.41, 5.74) is 3.80. The number of sulfonamides is 1. The first-order valence-corrected chi connectivity index (χ1v) is 11.2. The highest BCUT2D eigenvalue weighted by molar-refractivity contribution is 7.92. The fourth-order valence-corrected chi connectivity index (χ4v) is 4.46. The van der Waals surface area contributed by atoms with Crippen LogP contribution in [0.3, 0.4) is 0 Å². The third kappa shape index (κ3) is 4.54. The summed E-state index contributed by atoms with van der Waals surface area (Å²) >= 11 is 0. The van der Waals surface area contributed by atoms with Crippen molar-refractivity contribution in [1.82, 2.24) is 5.32 Å². The summed E-state index contributed by atoms with van der Waals surface area (Å²) in [5.74, 6) is -0.255. The van der Waals surface area contributed by atoms with E-state index < -0.39 is 10.0 Å². The van der Waals surface area contributed by atoms with E-state index >= 15 is 0 Å². The average molecular weight is 423 g/mol. The number of nitrogens with zero attached hydrogens (tertiary/aromatic N) is 1. The first kappa shape index (κ1) is 21.6. The van der Waals surface area contributed by atoms with E-state index in [4.69, 9.17) is 0 Å². The minimum absolute atomic E-state index is 0.173. The van der Waals surface area contributed by atoms with Gasteiger partial charge in [-0.1, -0.05) is 54.1 Å². The first-order chi connectivity index (χ1) is 14.2. The van der Waals surface area contributed by atoms with Gasteiger partial charge in [-0.15, -0.1) is 0 Å². The maximum Gasteiger partial charge on any atom is 0.264 e. The fraction of sp³-hybridized carbons (Fsp3) is 0.208. The van der Waals surface area contributed by atoms with Gasteiger partial charge in [-0.05, 0) is 56.2 Å². The molecule has 1 N–H and O–H groups in total. The van der Waals surface area contributed by atoms with Crippen LogP contribution < -0.4 is 9.62 Å². The highest BCUT2D eigenvalue weighted by Crippen LogP contribution is 2.27. The molecule has 1 atom stereocenters. The maximum absolute atomic E-state index is 13.0. The molecule has 0 radical (unpaired) electrons. The van der Waals surface area contributed by atoms with Crippen LogP contribution in [0, 0.1) is 13.8 Å². The van der Waals surface area contributed by atoms with Crippen molar-refractivity contribution >= 4 is 21.6 Å². The Bertz CT molecular complexity index is 1140. The topological polar surface area (TPSA) is 66.5 Å². The number of hydrogen-bond acceptors (Lipinski definition) is 3. The number of carbonyl (C=O) groups is 1. The molecule has 6 heteroatoms. The molecule has 3 rings (SSSR count). The molecule has 3 aromatic rings. The van der Waals surface area contributed by atoms with Crippen molar-refractivity contribution < 1.29 is 13.2 Å². The van der Waals surface area contributed by atoms with Gasteiger partial charge in [0.25, 0.3) is 15.9 Å². The van der Waals surface area contributed by atoms with Crippen molar-refractivity contribution in [3.05, 3.63) is 95.1 Å². The van der Waals surface area contributed by atoms with Crippen LogP contribution >= 0.6 is 0 Å². The summed E-state index contributed by atoms with van der Waals surface area (Å²) < 4.78 is 27.2. The Hall–Kier alpha value is -3.12. The van der Waals surface area contributed by atoms with Crippen molar-refractivity contribution in [3.63, 3.8) is 0 Å². The van der Waals surface area contributed by atoms with Crippen molar-refractivity contribution in [2.75, 3.05) is 11.4 Å². The standard InChI is InChI=1S/C24H26N2O3S/c1-17-10-13-20(14-11-17)19(3)25-24(27)21-15-12-18(2)23(16-21)26(4)30(28,29)22-8-6-5-7-9-22/h5-16,19H,1-4H3,(H,25,27)/t19-/m0/s1.